The Morgan fingerprint density at radius 3 is 2.75 bits per heavy atom. The summed E-state index contributed by atoms with van der Waals surface area (Å²) in [5.74, 6) is 0.658. The predicted molar refractivity (Wildman–Crippen MR) is 87.8 cm³/mol. The van der Waals surface area contributed by atoms with Crippen LogP contribution in [-0.4, -0.2) is 33.9 Å². The standard InChI is InChI=1S/C16H27ClN2O/c1-13(2)11-18-12-14-6-7-15(17)10-16(14)19(3)8-5-9-20-4/h6-7,10,13,18H,5,8-9,11-12H2,1-4H3. The molecule has 0 heterocycles. The largest absolute Gasteiger partial charge is 0.385 e. The van der Waals surface area contributed by atoms with Crippen molar-refractivity contribution in [2.24, 2.45) is 5.92 Å². The van der Waals surface area contributed by atoms with Crippen molar-refractivity contribution < 1.29 is 4.74 Å². The number of anilines is 1. The molecule has 4 heteroatoms. The third-order valence-corrected chi connectivity index (χ3v) is 3.40. The third-order valence-electron chi connectivity index (χ3n) is 3.17. The van der Waals surface area contributed by atoms with E-state index in [0.717, 1.165) is 37.7 Å². The van der Waals surface area contributed by atoms with E-state index in [2.05, 4.69) is 37.2 Å². The second-order valence-corrected chi connectivity index (χ2v) is 6.00. The molecule has 1 N–H and O–H groups in total. The van der Waals surface area contributed by atoms with Crippen LogP contribution in [0.25, 0.3) is 0 Å². The first-order valence-electron chi connectivity index (χ1n) is 7.23. The van der Waals surface area contributed by atoms with Crippen molar-refractivity contribution in [1.29, 1.82) is 0 Å². The van der Waals surface area contributed by atoms with E-state index < -0.39 is 0 Å². The number of rotatable bonds is 9. The fraction of sp³-hybridized carbons (Fsp3) is 0.625. The van der Waals surface area contributed by atoms with Gasteiger partial charge in [-0.2, -0.15) is 0 Å². The van der Waals surface area contributed by atoms with Gasteiger partial charge in [-0.15, -0.1) is 0 Å². The number of nitrogens with zero attached hydrogens (tertiary/aromatic N) is 1. The highest BCUT2D eigenvalue weighted by molar-refractivity contribution is 6.30. The SMILES string of the molecule is COCCCN(C)c1cc(Cl)ccc1CNCC(C)C. The zero-order chi connectivity index (χ0) is 15.0. The molecule has 114 valence electrons. The summed E-state index contributed by atoms with van der Waals surface area (Å²) in [6.07, 6.45) is 1.01. The Morgan fingerprint density at radius 1 is 1.35 bits per heavy atom. The first-order valence-corrected chi connectivity index (χ1v) is 7.61. The van der Waals surface area contributed by atoms with Gasteiger partial charge >= 0.3 is 0 Å². The fourth-order valence-corrected chi connectivity index (χ4v) is 2.27. The van der Waals surface area contributed by atoms with E-state index in [4.69, 9.17) is 16.3 Å². The van der Waals surface area contributed by atoms with E-state index in [0.29, 0.717) is 5.92 Å². The van der Waals surface area contributed by atoms with E-state index in [-0.39, 0.29) is 0 Å². The van der Waals surface area contributed by atoms with E-state index in [1.807, 2.05) is 12.1 Å². The highest BCUT2D eigenvalue weighted by Crippen LogP contribution is 2.24. The molecule has 0 aliphatic rings. The summed E-state index contributed by atoms with van der Waals surface area (Å²) >= 11 is 6.13. The van der Waals surface area contributed by atoms with Gasteiger partial charge in [-0.1, -0.05) is 31.5 Å². The van der Waals surface area contributed by atoms with Gasteiger partial charge in [0, 0.05) is 44.6 Å². The number of nitrogens with one attached hydrogen (secondary N) is 1. The number of hydrogen-bond acceptors (Lipinski definition) is 3. The molecule has 0 aromatic heterocycles. The molecule has 0 saturated carbocycles. The van der Waals surface area contributed by atoms with Gasteiger partial charge in [-0.05, 0) is 36.6 Å². The molecule has 0 saturated heterocycles. The molecule has 0 unspecified atom stereocenters. The van der Waals surface area contributed by atoms with Crippen molar-refractivity contribution in [1.82, 2.24) is 5.32 Å². The Balaban J connectivity index is 2.68. The molecule has 3 nitrogen and oxygen atoms in total. The van der Waals surface area contributed by atoms with Crippen LogP contribution in [0.2, 0.25) is 5.02 Å². The number of hydrogen-bond donors (Lipinski definition) is 1. The maximum absolute atomic E-state index is 6.13. The van der Waals surface area contributed by atoms with Crippen LogP contribution in [0.15, 0.2) is 18.2 Å². The molecule has 20 heavy (non-hydrogen) atoms. The van der Waals surface area contributed by atoms with Crippen LogP contribution in [0.1, 0.15) is 25.8 Å². The van der Waals surface area contributed by atoms with Gasteiger partial charge in [0.05, 0.1) is 0 Å². The minimum atomic E-state index is 0.658. The zero-order valence-electron chi connectivity index (χ0n) is 13.1. The highest BCUT2D eigenvalue weighted by atomic mass is 35.5. The molecule has 0 spiro atoms. The Bertz CT molecular complexity index is 396. The van der Waals surface area contributed by atoms with Crippen LogP contribution < -0.4 is 10.2 Å². The Labute approximate surface area is 128 Å². The molecule has 1 rings (SSSR count). The van der Waals surface area contributed by atoms with Gasteiger partial charge in [0.25, 0.3) is 0 Å². The van der Waals surface area contributed by atoms with Crippen molar-refractivity contribution in [2.75, 3.05) is 38.8 Å². The number of halogens is 1. The minimum Gasteiger partial charge on any atom is -0.385 e. The number of ether oxygens (including phenoxy) is 1. The second-order valence-electron chi connectivity index (χ2n) is 5.57. The van der Waals surface area contributed by atoms with E-state index in [1.165, 1.54) is 11.3 Å². The monoisotopic (exact) mass is 298 g/mol. The third kappa shape index (κ3) is 6.12. The molecule has 0 fully saturated rings. The molecule has 1 aromatic carbocycles. The molecule has 0 aliphatic heterocycles. The van der Waals surface area contributed by atoms with Crippen LogP contribution in [0.4, 0.5) is 5.69 Å². The highest BCUT2D eigenvalue weighted by Gasteiger charge is 2.08. The molecule has 0 aliphatic carbocycles. The van der Waals surface area contributed by atoms with Gasteiger partial charge in [0.1, 0.15) is 0 Å². The van der Waals surface area contributed by atoms with E-state index in [1.54, 1.807) is 7.11 Å². The van der Waals surface area contributed by atoms with Crippen LogP contribution in [0.5, 0.6) is 0 Å². The predicted octanol–water partition coefficient (Wildman–Crippen LogP) is 3.56. The van der Waals surface area contributed by atoms with Gasteiger partial charge in [-0.25, -0.2) is 0 Å². The van der Waals surface area contributed by atoms with Crippen LogP contribution in [-0.2, 0) is 11.3 Å². The van der Waals surface area contributed by atoms with Crippen LogP contribution in [0.3, 0.4) is 0 Å². The van der Waals surface area contributed by atoms with Crippen molar-refractivity contribution in [3.63, 3.8) is 0 Å². The van der Waals surface area contributed by atoms with Crippen LogP contribution >= 0.6 is 11.6 Å². The summed E-state index contributed by atoms with van der Waals surface area (Å²) in [6.45, 7) is 8.07. The molecule has 0 bridgehead atoms. The summed E-state index contributed by atoms with van der Waals surface area (Å²) in [4.78, 5) is 2.25. The first-order chi connectivity index (χ1) is 9.54. The second kappa shape index (κ2) is 9.22. The summed E-state index contributed by atoms with van der Waals surface area (Å²) in [5, 5.41) is 4.27. The smallest absolute Gasteiger partial charge is 0.0479 e. The topological polar surface area (TPSA) is 24.5 Å². The summed E-state index contributed by atoms with van der Waals surface area (Å²) < 4.78 is 5.11. The number of benzene rings is 1. The molecular weight excluding hydrogens is 272 g/mol. The zero-order valence-corrected chi connectivity index (χ0v) is 13.8. The van der Waals surface area contributed by atoms with E-state index >= 15 is 0 Å². The molecular formula is C16H27ClN2O. The van der Waals surface area contributed by atoms with Crippen molar-refractivity contribution in [3.05, 3.63) is 28.8 Å². The average molecular weight is 299 g/mol. The molecule has 1 aromatic rings. The Kier molecular flexibility index (Phi) is 7.97. The van der Waals surface area contributed by atoms with Gasteiger partial charge < -0.3 is 15.0 Å². The minimum absolute atomic E-state index is 0.658. The quantitative estimate of drug-likeness (QED) is 0.706. The summed E-state index contributed by atoms with van der Waals surface area (Å²) in [7, 11) is 3.84. The van der Waals surface area contributed by atoms with E-state index in [9.17, 15) is 0 Å². The van der Waals surface area contributed by atoms with Gasteiger partial charge in [0.15, 0.2) is 0 Å². The Morgan fingerprint density at radius 2 is 2.10 bits per heavy atom. The lowest BCUT2D eigenvalue weighted by atomic mass is 10.1. The molecule has 0 amide bonds. The normalized spacial score (nSPS) is 11.1. The van der Waals surface area contributed by atoms with Crippen molar-refractivity contribution >= 4 is 17.3 Å². The Hall–Kier alpha value is -0.770. The molecule has 0 atom stereocenters. The fourth-order valence-electron chi connectivity index (χ4n) is 2.10. The van der Waals surface area contributed by atoms with Crippen molar-refractivity contribution in [3.8, 4) is 0 Å². The lowest BCUT2D eigenvalue weighted by Gasteiger charge is -2.23. The van der Waals surface area contributed by atoms with Crippen molar-refractivity contribution in [2.45, 2.75) is 26.8 Å². The summed E-state index contributed by atoms with van der Waals surface area (Å²) in [5.41, 5.74) is 2.49. The van der Waals surface area contributed by atoms with Gasteiger partial charge in [0.2, 0.25) is 0 Å². The first kappa shape index (κ1) is 17.3. The summed E-state index contributed by atoms with van der Waals surface area (Å²) in [6, 6.07) is 6.11. The maximum Gasteiger partial charge on any atom is 0.0479 e. The lowest BCUT2D eigenvalue weighted by Crippen LogP contribution is -2.24. The van der Waals surface area contributed by atoms with Gasteiger partial charge in [-0.3, -0.25) is 0 Å². The maximum atomic E-state index is 6.13. The lowest BCUT2D eigenvalue weighted by molar-refractivity contribution is 0.196. The van der Waals surface area contributed by atoms with Crippen LogP contribution in [0, 0.1) is 5.92 Å². The molecule has 0 radical (unpaired) electrons. The number of methoxy groups -OCH3 is 1. The average Bonchev–Trinajstić information content (AvgIpc) is 2.40.